The Morgan fingerprint density at radius 2 is 2.21 bits per heavy atom. The highest BCUT2D eigenvalue weighted by Crippen LogP contribution is 2.27. The molecule has 1 N–H and O–H groups in total. The van der Waals surface area contributed by atoms with Gasteiger partial charge in [0, 0.05) is 31.8 Å². The molecule has 9 heteroatoms. The zero-order valence-corrected chi connectivity index (χ0v) is 16.4. The summed E-state index contributed by atoms with van der Waals surface area (Å²) in [6.07, 6.45) is 0.790. The summed E-state index contributed by atoms with van der Waals surface area (Å²) in [6.45, 7) is 4.35. The second-order valence-corrected chi connectivity index (χ2v) is 6.63. The Balaban J connectivity index is 1.52. The van der Waals surface area contributed by atoms with Crippen molar-refractivity contribution in [3.63, 3.8) is 0 Å². The Morgan fingerprint density at radius 1 is 1.36 bits per heavy atom. The van der Waals surface area contributed by atoms with E-state index < -0.39 is 0 Å². The number of aryl methyl sites for hydroxylation is 1. The number of ether oxygens (including phenoxy) is 3. The lowest BCUT2D eigenvalue weighted by molar-refractivity contribution is 0.0494. The normalized spacial score (nSPS) is 16.4. The SMILES string of the molecule is COCCOCc1nc(C2CCN(C(=O)Nc3ccc(OC)cc3C)C2)no1. The van der Waals surface area contributed by atoms with Crippen molar-refractivity contribution in [1.29, 1.82) is 0 Å². The highest BCUT2D eigenvalue weighted by molar-refractivity contribution is 5.90. The first kappa shape index (κ1) is 20.1. The summed E-state index contributed by atoms with van der Waals surface area (Å²) >= 11 is 0. The van der Waals surface area contributed by atoms with Crippen LogP contribution in [0.3, 0.4) is 0 Å². The molecule has 3 rings (SSSR count). The highest BCUT2D eigenvalue weighted by atomic mass is 16.5. The monoisotopic (exact) mass is 390 g/mol. The number of nitrogens with one attached hydrogen (secondary N) is 1. The predicted octanol–water partition coefficient (Wildman–Crippen LogP) is 2.57. The van der Waals surface area contributed by atoms with E-state index >= 15 is 0 Å². The van der Waals surface area contributed by atoms with Gasteiger partial charge in [-0.1, -0.05) is 5.16 Å². The van der Waals surface area contributed by atoms with Crippen LogP contribution in [0.5, 0.6) is 5.75 Å². The molecule has 1 fully saturated rings. The highest BCUT2D eigenvalue weighted by Gasteiger charge is 2.30. The molecular formula is C19H26N4O5. The van der Waals surface area contributed by atoms with Gasteiger partial charge in [-0.2, -0.15) is 4.98 Å². The van der Waals surface area contributed by atoms with Gasteiger partial charge in [0.25, 0.3) is 5.89 Å². The van der Waals surface area contributed by atoms with Crippen LogP contribution < -0.4 is 10.1 Å². The van der Waals surface area contributed by atoms with Crippen LogP contribution in [0.1, 0.15) is 29.6 Å². The van der Waals surface area contributed by atoms with Gasteiger partial charge in [-0.25, -0.2) is 4.79 Å². The summed E-state index contributed by atoms with van der Waals surface area (Å²) in [4.78, 5) is 18.7. The molecule has 152 valence electrons. The Kier molecular flexibility index (Phi) is 6.83. The molecule has 1 aromatic carbocycles. The third-order valence-electron chi connectivity index (χ3n) is 4.66. The molecule has 1 aromatic heterocycles. The number of benzene rings is 1. The number of anilines is 1. The number of amides is 2. The molecule has 2 amide bonds. The predicted molar refractivity (Wildman–Crippen MR) is 102 cm³/mol. The number of hydrogen-bond acceptors (Lipinski definition) is 7. The van der Waals surface area contributed by atoms with Gasteiger partial charge in [-0.3, -0.25) is 0 Å². The maximum atomic E-state index is 12.6. The number of carbonyl (C=O) groups excluding carboxylic acids is 1. The van der Waals surface area contributed by atoms with Crippen molar-refractivity contribution < 1.29 is 23.5 Å². The van der Waals surface area contributed by atoms with E-state index in [-0.39, 0.29) is 18.6 Å². The molecule has 0 spiro atoms. The topological polar surface area (TPSA) is 99.0 Å². The number of urea groups is 1. The molecule has 0 bridgehead atoms. The van der Waals surface area contributed by atoms with Crippen LogP contribution >= 0.6 is 0 Å². The van der Waals surface area contributed by atoms with Gasteiger partial charge < -0.3 is 29.0 Å². The summed E-state index contributed by atoms with van der Waals surface area (Å²) < 4.78 is 20.7. The summed E-state index contributed by atoms with van der Waals surface area (Å²) in [5.74, 6) is 1.86. The van der Waals surface area contributed by atoms with Crippen LogP contribution in [0.2, 0.25) is 0 Å². The smallest absolute Gasteiger partial charge is 0.321 e. The van der Waals surface area contributed by atoms with E-state index in [1.165, 1.54) is 0 Å². The first-order valence-corrected chi connectivity index (χ1v) is 9.20. The van der Waals surface area contributed by atoms with E-state index in [4.69, 9.17) is 18.7 Å². The number of hydrogen-bond donors (Lipinski definition) is 1. The molecule has 0 saturated carbocycles. The van der Waals surface area contributed by atoms with E-state index in [1.807, 2.05) is 25.1 Å². The molecule has 2 heterocycles. The molecule has 1 saturated heterocycles. The van der Waals surface area contributed by atoms with Crippen LogP contribution in [0, 0.1) is 6.92 Å². The van der Waals surface area contributed by atoms with E-state index in [2.05, 4.69) is 15.5 Å². The fraction of sp³-hybridized carbons (Fsp3) is 0.526. The van der Waals surface area contributed by atoms with Gasteiger partial charge in [-0.05, 0) is 37.1 Å². The van der Waals surface area contributed by atoms with E-state index in [0.29, 0.717) is 38.0 Å². The summed E-state index contributed by atoms with van der Waals surface area (Å²) in [5.41, 5.74) is 1.71. The van der Waals surface area contributed by atoms with Crippen molar-refractivity contribution in [2.45, 2.75) is 25.9 Å². The zero-order valence-electron chi connectivity index (χ0n) is 16.4. The first-order valence-electron chi connectivity index (χ1n) is 9.20. The van der Waals surface area contributed by atoms with Crippen LogP contribution in [0.4, 0.5) is 10.5 Å². The minimum absolute atomic E-state index is 0.0548. The lowest BCUT2D eigenvalue weighted by atomic mass is 10.1. The van der Waals surface area contributed by atoms with Crippen molar-refractivity contribution in [3.05, 3.63) is 35.5 Å². The lowest BCUT2D eigenvalue weighted by Crippen LogP contribution is -2.33. The molecule has 1 aliphatic rings. The fourth-order valence-corrected chi connectivity index (χ4v) is 3.05. The molecule has 2 aromatic rings. The molecule has 1 unspecified atom stereocenters. The molecule has 1 atom stereocenters. The minimum Gasteiger partial charge on any atom is -0.497 e. The summed E-state index contributed by atoms with van der Waals surface area (Å²) in [7, 11) is 3.23. The average Bonchev–Trinajstić information content (AvgIpc) is 3.36. The number of methoxy groups -OCH3 is 2. The van der Waals surface area contributed by atoms with Crippen molar-refractivity contribution in [2.24, 2.45) is 0 Å². The Hall–Kier alpha value is -2.65. The van der Waals surface area contributed by atoms with E-state index in [9.17, 15) is 4.79 Å². The van der Waals surface area contributed by atoms with Crippen LogP contribution in [-0.4, -0.2) is 61.6 Å². The largest absolute Gasteiger partial charge is 0.497 e. The quantitative estimate of drug-likeness (QED) is 0.692. The standard InChI is InChI=1S/C19H26N4O5/c1-13-10-15(26-3)4-5-16(13)20-19(24)23-7-6-14(11-23)18-21-17(28-22-18)12-27-9-8-25-2/h4-5,10,14H,6-9,11-12H2,1-3H3,(H,20,24). The number of rotatable bonds is 8. The van der Waals surface area contributed by atoms with Gasteiger partial charge in [0.15, 0.2) is 5.82 Å². The molecule has 0 aliphatic carbocycles. The zero-order chi connectivity index (χ0) is 19.9. The molecule has 1 aliphatic heterocycles. The summed E-state index contributed by atoms with van der Waals surface area (Å²) in [5, 5.41) is 6.99. The lowest BCUT2D eigenvalue weighted by Gasteiger charge is -2.18. The van der Waals surface area contributed by atoms with Gasteiger partial charge in [0.05, 0.1) is 20.3 Å². The Labute approximate surface area is 163 Å². The van der Waals surface area contributed by atoms with Crippen LogP contribution in [-0.2, 0) is 16.1 Å². The number of nitrogens with zero attached hydrogens (tertiary/aromatic N) is 3. The first-order chi connectivity index (χ1) is 13.6. The summed E-state index contributed by atoms with van der Waals surface area (Å²) in [6, 6.07) is 5.42. The number of likely N-dealkylation sites (tertiary alicyclic amines) is 1. The second-order valence-electron chi connectivity index (χ2n) is 6.63. The minimum atomic E-state index is -0.137. The number of carbonyl (C=O) groups is 1. The molecule has 0 radical (unpaired) electrons. The van der Waals surface area contributed by atoms with Crippen molar-refractivity contribution >= 4 is 11.7 Å². The van der Waals surface area contributed by atoms with E-state index in [0.717, 1.165) is 23.4 Å². The number of aromatic nitrogens is 2. The third-order valence-corrected chi connectivity index (χ3v) is 4.66. The maximum absolute atomic E-state index is 12.6. The van der Waals surface area contributed by atoms with Crippen LogP contribution in [0.15, 0.2) is 22.7 Å². The van der Waals surface area contributed by atoms with Gasteiger partial charge in [-0.15, -0.1) is 0 Å². The van der Waals surface area contributed by atoms with Crippen molar-refractivity contribution in [3.8, 4) is 5.75 Å². The van der Waals surface area contributed by atoms with Gasteiger partial charge in [0.1, 0.15) is 12.4 Å². The third kappa shape index (κ3) is 4.99. The molecule has 28 heavy (non-hydrogen) atoms. The van der Waals surface area contributed by atoms with Crippen molar-refractivity contribution in [1.82, 2.24) is 15.0 Å². The average molecular weight is 390 g/mol. The Bertz CT molecular complexity index is 794. The molecule has 9 nitrogen and oxygen atoms in total. The van der Waals surface area contributed by atoms with Gasteiger partial charge in [0.2, 0.25) is 0 Å². The molecular weight excluding hydrogens is 364 g/mol. The van der Waals surface area contributed by atoms with E-state index in [1.54, 1.807) is 19.1 Å². The van der Waals surface area contributed by atoms with Gasteiger partial charge >= 0.3 is 6.03 Å². The van der Waals surface area contributed by atoms with Crippen molar-refractivity contribution in [2.75, 3.05) is 45.8 Å². The second kappa shape index (κ2) is 9.52. The van der Waals surface area contributed by atoms with Crippen LogP contribution in [0.25, 0.3) is 0 Å². The maximum Gasteiger partial charge on any atom is 0.321 e. The Morgan fingerprint density at radius 3 is 2.96 bits per heavy atom. The fourth-order valence-electron chi connectivity index (χ4n) is 3.05.